The van der Waals surface area contributed by atoms with E-state index in [0.717, 1.165) is 36.1 Å². The van der Waals surface area contributed by atoms with Crippen LogP contribution in [0, 0.1) is 0 Å². The van der Waals surface area contributed by atoms with Crippen LogP contribution < -0.4 is 10.1 Å². The molecule has 0 saturated carbocycles. The van der Waals surface area contributed by atoms with Crippen molar-refractivity contribution in [1.82, 2.24) is 0 Å². The average molecular weight is 327 g/mol. The number of hydrogen-bond donors (Lipinski definition) is 3. The molecule has 0 radical (unpaired) electrons. The molecule has 0 fully saturated rings. The molecule has 0 aliphatic heterocycles. The normalized spacial score (nSPS) is 12.5. The van der Waals surface area contributed by atoms with Crippen LogP contribution in [0.1, 0.15) is 24.0 Å². The third kappa shape index (κ3) is 3.48. The largest absolute Gasteiger partial charge is 0.508 e. The third-order valence-corrected chi connectivity index (χ3v) is 3.89. The summed E-state index contributed by atoms with van der Waals surface area (Å²) in [6, 6.07) is 10.1. The van der Waals surface area contributed by atoms with Gasteiger partial charge in [-0.1, -0.05) is 0 Å². The highest BCUT2D eigenvalue weighted by Gasteiger charge is 2.19. The second kappa shape index (κ2) is 6.62. The fraction of sp³-hybridized carbons (Fsp3) is 0.222. The molecule has 0 aromatic heterocycles. The van der Waals surface area contributed by atoms with E-state index in [1.165, 1.54) is 0 Å². The summed E-state index contributed by atoms with van der Waals surface area (Å²) in [7, 11) is 0. The SMILES string of the molecule is O=C(O)CC(=O)Nc1ccc(Oc2ccc(O)c3c2CCC3)cc1. The average Bonchev–Trinajstić information content (AvgIpc) is 3.02. The second-order valence-electron chi connectivity index (χ2n) is 5.64. The Kier molecular flexibility index (Phi) is 4.37. The Labute approximate surface area is 138 Å². The number of phenolic OH excluding ortho intramolecular Hbond substituents is 1. The van der Waals surface area contributed by atoms with Crippen molar-refractivity contribution >= 4 is 17.6 Å². The molecule has 0 heterocycles. The van der Waals surface area contributed by atoms with Gasteiger partial charge in [-0.2, -0.15) is 0 Å². The van der Waals surface area contributed by atoms with Crippen LogP contribution in [0.3, 0.4) is 0 Å². The van der Waals surface area contributed by atoms with Crippen LogP contribution in [0.5, 0.6) is 17.2 Å². The van der Waals surface area contributed by atoms with E-state index in [-0.39, 0.29) is 0 Å². The van der Waals surface area contributed by atoms with Crippen molar-refractivity contribution in [3.63, 3.8) is 0 Å². The summed E-state index contributed by atoms with van der Waals surface area (Å²) in [6.07, 6.45) is 2.16. The number of rotatable bonds is 5. The van der Waals surface area contributed by atoms with Crippen LogP contribution in [0.4, 0.5) is 5.69 Å². The van der Waals surface area contributed by atoms with Gasteiger partial charge in [-0.05, 0) is 55.7 Å². The van der Waals surface area contributed by atoms with Gasteiger partial charge in [-0.3, -0.25) is 9.59 Å². The number of fused-ring (bicyclic) bond motifs is 1. The number of carboxylic acid groups (broad SMARTS) is 1. The van der Waals surface area contributed by atoms with E-state index in [2.05, 4.69) is 5.32 Å². The number of nitrogens with one attached hydrogen (secondary N) is 1. The molecule has 1 aliphatic rings. The summed E-state index contributed by atoms with van der Waals surface area (Å²) in [4.78, 5) is 21.9. The first-order chi connectivity index (χ1) is 11.5. The number of benzene rings is 2. The Bertz CT molecular complexity index is 783. The molecule has 2 aromatic rings. The van der Waals surface area contributed by atoms with Gasteiger partial charge >= 0.3 is 5.97 Å². The Balaban J connectivity index is 1.70. The molecule has 2 aromatic carbocycles. The van der Waals surface area contributed by atoms with E-state index in [1.807, 2.05) is 0 Å². The first-order valence-corrected chi connectivity index (χ1v) is 7.66. The van der Waals surface area contributed by atoms with Crippen molar-refractivity contribution in [2.24, 2.45) is 0 Å². The van der Waals surface area contributed by atoms with Crippen LogP contribution >= 0.6 is 0 Å². The van der Waals surface area contributed by atoms with E-state index in [9.17, 15) is 14.7 Å². The molecule has 3 rings (SSSR count). The lowest BCUT2D eigenvalue weighted by Crippen LogP contribution is -2.15. The first kappa shape index (κ1) is 15.9. The summed E-state index contributed by atoms with van der Waals surface area (Å²) < 4.78 is 5.88. The van der Waals surface area contributed by atoms with Crippen molar-refractivity contribution in [2.45, 2.75) is 25.7 Å². The molecule has 1 aliphatic carbocycles. The predicted molar refractivity (Wildman–Crippen MR) is 87.5 cm³/mol. The van der Waals surface area contributed by atoms with Crippen LogP contribution in [0.2, 0.25) is 0 Å². The maximum absolute atomic E-state index is 11.4. The molecule has 124 valence electrons. The molecule has 0 saturated heterocycles. The number of carbonyl (C=O) groups excluding carboxylic acids is 1. The van der Waals surface area contributed by atoms with E-state index in [1.54, 1.807) is 36.4 Å². The lowest BCUT2D eigenvalue weighted by molar-refractivity contribution is -0.139. The molecule has 0 bridgehead atoms. The molecule has 1 amide bonds. The first-order valence-electron chi connectivity index (χ1n) is 7.66. The maximum Gasteiger partial charge on any atom is 0.312 e. The number of ether oxygens (including phenoxy) is 1. The van der Waals surface area contributed by atoms with Gasteiger partial charge in [0.2, 0.25) is 5.91 Å². The van der Waals surface area contributed by atoms with Crippen LogP contribution in [0.15, 0.2) is 36.4 Å². The molecular weight excluding hydrogens is 310 g/mol. The monoisotopic (exact) mass is 327 g/mol. The van der Waals surface area contributed by atoms with E-state index in [4.69, 9.17) is 9.84 Å². The molecule has 24 heavy (non-hydrogen) atoms. The Hall–Kier alpha value is -3.02. The van der Waals surface area contributed by atoms with E-state index >= 15 is 0 Å². The molecule has 3 N–H and O–H groups in total. The minimum absolute atomic E-state index is 0.311. The number of aliphatic carboxylic acids is 1. The number of phenols is 1. The van der Waals surface area contributed by atoms with E-state index in [0.29, 0.717) is 17.2 Å². The Morgan fingerprint density at radius 2 is 1.75 bits per heavy atom. The quantitative estimate of drug-likeness (QED) is 0.733. The van der Waals surface area contributed by atoms with Crippen molar-refractivity contribution in [3.8, 4) is 17.2 Å². The summed E-state index contributed by atoms with van der Waals surface area (Å²) >= 11 is 0. The summed E-state index contributed by atoms with van der Waals surface area (Å²) in [5.41, 5.74) is 2.49. The number of hydrogen-bond acceptors (Lipinski definition) is 4. The highest BCUT2D eigenvalue weighted by Crippen LogP contribution is 2.38. The molecule has 6 heteroatoms. The Morgan fingerprint density at radius 1 is 1.04 bits per heavy atom. The van der Waals surface area contributed by atoms with Crippen molar-refractivity contribution in [1.29, 1.82) is 0 Å². The van der Waals surface area contributed by atoms with Crippen LogP contribution in [-0.2, 0) is 22.4 Å². The van der Waals surface area contributed by atoms with Crippen molar-refractivity contribution < 1.29 is 24.5 Å². The van der Waals surface area contributed by atoms with Gasteiger partial charge in [0.15, 0.2) is 0 Å². The molecule has 0 spiro atoms. The highest BCUT2D eigenvalue weighted by molar-refractivity contribution is 6.01. The van der Waals surface area contributed by atoms with Crippen LogP contribution in [0.25, 0.3) is 0 Å². The predicted octanol–water partition coefficient (Wildman–Crippen LogP) is 3.09. The number of carbonyl (C=O) groups is 2. The lowest BCUT2D eigenvalue weighted by atomic mass is 10.1. The third-order valence-electron chi connectivity index (χ3n) is 3.89. The smallest absolute Gasteiger partial charge is 0.312 e. The zero-order chi connectivity index (χ0) is 17.1. The topological polar surface area (TPSA) is 95.9 Å². The van der Waals surface area contributed by atoms with Gasteiger partial charge in [0, 0.05) is 16.8 Å². The van der Waals surface area contributed by atoms with Gasteiger partial charge in [0.1, 0.15) is 23.7 Å². The zero-order valence-electron chi connectivity index (χ0n) is 12.9. The minimum atomic E-state index is -1.17. The minimum Gasteiger partial charge on any atom is -0.508 e. The van der Waals surface area contributed by atoms with Gasteiger partial charge in [-0.15, -0.1) is 0 Å². The van der Waals surface area contributed by atoms with Crippen molar-refractivity contribution in [2.75, 3.05) is 5.32 Å². The standard InChI is InChI=1S/C18H17NO5/c20-15-8-9-16(14-3-1-2-13(14)15)24-12-6-4-11(5-7-12)19-17(21)10-18(22)23/h4-9,20H,1-3,10H2,(H,19,21)(H,22,23). The lowest BCUT2D eigenvalue weighted by Gasteiger charge is -2.12. The summed E-state index contributed by atoms with van der Waals surface area (Å²) in [5, 5.41) is 20.9. The zero-order valence-corrected chi connectivity index (χ0v) is 12.9. The van der Waals surface area contributed by atoms with Gasteiger partial charge in [-0.25, -0.2) is 0 Å². The number of aromatic hydroxyl groups is 1. The maximum atomic E-state index is 11.4. The van der Waals surface area contributed by atoms with Gasteiger partial charge in [0.05, 0.1) is 0 Å². The van der Waals surface area contributed by atoms with Gasteiger partial charge < -0.3 is 20.3 Å². The van der Waals surface area contributed by atoms with Gasteiger partial charge in [0.25, 0.3) is 0 Å². The highest BCUT2D eigenvalue weighted by atomic mass is 16.5. The van der Waals surface area contributed by atoms with Crippen LogP contribution in [-0.4, -0.2) is 22.1 Å². The number of carboxylic acids is 1. The summed E-state index contributed by atoms with van der Waals surface area (Å²) in [5.74, 6) is -0.110. The number of amides is 1. The summed E-state index contributed by atoms with van der Waals surface area (Å²) in [6.45, 7) is 0. The molecule has 0 unspecified atom stereocenters. The Morgan fingerprint density at radius 3 is 2.46 bits per heavy atom. The second-order valence-corrected chi connectivity index (χ2v) is 5.64. The molecule has 0 atom stereocenters. The van der Waals surface area contributed by atoms with Crippen molar-refractivity contribution in [3.05, 3.63) is 47.5 Å². The molecule has 6 nitrogen and oxygen atoms in total. The number of anilines is 1. The fourth-order valence-electron chi connectivity index (χ4n) is 2.83. The molecular formula is C18H17NO5. The fourth-order valence-corrected chi connectivity index (χ4v) is 2.83. The van der Waals surface area contributed by atoms with E-state index < -0.39 is 18.3 Å².